The molecule has 2 N–H and O–H groups in total. The van der Waals surface area contributed by atoms with E-state index in [4.69, 9.17) is 5.73 Å². The van der Waals surface area contributed by atoms with Gasteiger partial charge in [0.05, 0.1) is 0 Å². The van der Waals surface area contributed by atoms with E-state index < -0.39 is 0 Å². The first kappa shape index (κ1) is 8.21. The van der Waals surface area contributed by atoms with Gasteiger partial charge in [0.15, 0.2) is 0 Å². The maximum Gasteiger partial charge on any atom is 0.0378 e. The van der Waals surface area contributed by atoms with Crippen LogP contribution in [0, 0.1) is 13.8 Å². The largest absolute Gasteiger partial charge is 0.330 e. The predicted molar refractivity (Wildman–Crippen MR) is 46.5 cm³/mol. The zero-order valence-corrected chi connectivity index (χ0v) is 7.09. The van der Waals surface area contributed by atoms with E-state index in [1.807, 2.05) is 13.8 Å². The Bertz CT molecular complexity index is 223. The van der Waals surface area contributed by atoms with Crippen LogP contribution < -0.4 is 5.73 Å². The summed E-state index contributed by atoms with van der Waals surface area (Å²) < 4.78 is 0. The lowest BCUT2D eigenvalue weighted by Gasteiger charge is -2.01. The summed E-state index contributed by atoms with van der Waals surface area (Å²) in [6.07, 6.45) is 0.949. The molecule has 0 unspecified atom stereocenters. The molecule has 1 heterocycles. The fourth-order valence-electron chi connectivity index (χ4n) is 1.23. The van der Waals surface area contributed by atoms with Gasteiger partial charge in [-0.1, -0.05) is 0 Å². The van der Waals surface area contributed by atoms with Crippen molar-refractivity contribution >= 4 is 0 Å². The molecular formula is C9H14N2. The van der Waals surface area contributed by atoms with Crippen LogP contribution in [0.5, 0.6) is 0 Å². The molecule has 2 heteroatoms. The number of aromatic nitrogens is 1. The third-order valence-corrected chi connectivity index (χ3v) is 1.57. The molecule has 0 radical (unpaired) electrons. The SMILES string of the molecule is Cc1cc(CCN)cc(C)n1. The van der Waals surface area contributed by atoms with E-state index in [1.165, 1.54) is 5.56 Å². The van der Waals surface area contributed by atoms with Crippen molar-refractivity contribution in [3.05, 3.63) is 29.1 Å². The fraction of sp³-hybridized carbons (Fsp3) is 0.444. The molecule has 0 saturated heterocycles. The first-order chi connectivity index (χ1) is 5.22. The topological polar surface area (TPSA) is 38.9 Å². The van der Waals surface area contributed by atoms with Crippen LogP contribution in [0.1, 0.15) is 17.0 Å². The van der Waals surface area contributed by atoms with Gasteiger partial charge in [-0.2, -0.15) is 0 Å². The summed E-state index contributed by atoms with van der Waals surface area (Å²) in [4.78, 5) is 4.28. The Kier molecular flexibility index (Phi) is 2.60. The predicted octanol–water partition coefficient (Wildman–Crippen LogP) is 1.20. The highest BCUT2D eigenvalue weighted by Gasteiger charge is 1.94. The Morgan fingerprint density at radius 3 is 2.27 bits per heavy atom. The number of hydrogen-bond acceptors (Lipinski definition) is 2. The van der Waals surface area contributed by atoms with Crippen LogP contribution in [-0.4, -0.2) is 11.5 Å². The Labute approximate surface area is 67.5 Å². The number of hydrogen-bond donors (Lipinski definition) is 1. The number of rotatable bonds is 2. The molecule has 0 bridgehead atoms. The van der Waals surface area contributed by atoms with Gasteiger partial charge in [-0.15, -0.1) is 0 Å². The van der Waals surface area contributed by atoms with E-state index in [0.717, 1.165) is 17.8 Å². The minimum atomic E-state index is 0.711. The second-order valence-electron chi connectivity index (χ2n) is 2.80. The summed E-state index contributed by atoms with van der Waals surface area (Å²) in [7, 11) is 0. The summed E-state index contributed by atoms with van der Waals surface area (Å²) in [6, 6.07) is 4.17. The van der Waals surface area contributed by atoms with Crippen molar-refractivity contribution < 1.29 is 0 Å². The molecule has 0 aliphatic heterocycles. The molecule has 60 valence electrons. The maximum atomic E-state index is 5.44. The third kappa shape index (κ3) is 2.31. The van der Waals surface area contributed by atoms with Crippen molar-refractivity contribution in [2.45, 2.75) is 20.3 Å². The van der Waals surface area contributed by atoms with E-state index in [1.54, 1.807) is 0 Å². The highest BCUT2D eigenvalue weighted by molar-refractivity contribution is 5.20. The Balaban J connectivity index is 2.89. The van der Waals surface area contributed by atoms with E-state index in [-0.39, 0.29) is 0 Å². The maximum absolute atomic E-state index is 5.44. The second-order valence-corrected chi connectivity index (χ2v) is 2.80. The lowest BCUT2D eigenvalue weighted by molar-refractivity contribution is 0.950. The minimum absolute atomic E-state index is 0.711. The van der Waals surface area contributed by atoms with Crippen LogP contribution in [0.4, 0.5) is 0 Å². The van der Waals surface area contributed by atoms with Crippen LogP contribution in [0.25, 0.3) is 0 Å². The summed E-state index contributed by atoms with van der Waals surface area (Å²) in [5.74, 6) is 0. The van der Waals surface area contributed by atoms with Crippen molar-refractivity contribution in [3.63, 3.8) is 0 Å². The van der Waals surface area contributed by atoms with Crippen LogP contribution in [0.3, 0.4) is 0 Å². The Hall–Kier alpha value is -0.890. The molecule has 0 fully saturated rings. The quantitative estimate of drug-likeness (QED) is 0.688. The molecule has 0 aromatic carbocycles. The summed E-state index contributed by atoms with van der Waals surface area (Å²) in [6.45, 7) is 4.73. The van der Waals surface area contributed by atoms with Gasteiger partial charge < -0.3 is 5.73 Å². The molecule has 2 nitrogen and oxygen atoms in total. The molecule has 0 aliphatic rings. The molecule has 0 atom stereocenters. The second kappa shape index (κ2) is 3.49. The zero-order chi connectivity index (χ0) is 8.27. The first-order valence-corrected chi connectivity index (χ1v) is 3.86. The molecular weight excluding hydrogens is 136 g/mol. The summed E-state index contributed by atoms with van der Waals surface area (Å²) >= 11 is 0. The number of pyridine rings is 1. The van der Waals surface area contributed by atoms with Gasteiger partial charge in [0.1, 0.15) is 0 Å². The third-order valence-electron chi connectivity index (χ3n) is 1.57. The van der Waals surface area contributed by atoms with Crippen LogP contribution >= 0.6 is 0 Å². The average Bonchev–Trinajstić information content (AvgIpc) is 1.85. The van der Waals surface area contributed by atoms with Crippen molar-refractivity contribution in [1.82, 2.24) is 4.98 Å². The molecule has 11 heavy (non-hydrogen) atoms. The van der Waals surface area contributed by atoms with E-state index >= 15 is 0 Å². The van der Waals surface area contributed by atoms with Gasteiger partial charge in [0, 0.05) is 11.4 Å². The molecule has 0 saturated carbocycles. The van der Waals surface area contributed by atoms with Crippen molar-refractivity contribution in [3.8, 4) is 0 Å². The Morgan fingerprint density at radius 1 is 1.27 bits per heavy atom. The smallest absolute Gasteiger partial charge is 0.0378 e. The first-order valence-electron chi connectivity index (χ1n) is 3.86. The van der Waals surface area contributed by atoms with Gasteiger partial charge in [0.2, 0.25) is 0 Å². The van der Waals surface area contributed by atoms with Crippen molar-refractivity contribution in [2.75, 3.05) is 6.54 Å². The van der Waals surface area contributed by atoms with Crippen molar-refractivity contribution in [1.29, 1.82) is 0 Å². The Morgan fingerprint density at radius 2 is 1.82 bits per heavy atom. The summed E-state index contributed by atoms with van der Waals surface area (Å²) in [5, 5.41) is 0. The molecule has 1 aromatic heterocycles. The van der Waals surface area contributed by atoms with Gasteiger partial charge in [0.25, 0.3) is 0 Å². The standard InChI is InChI=1S/C9H14N2/c1-7-5-9(3-4-10)6-8(2)11-7/h5-6H,3-4,10H2,1-2H3. The van der Waals surface area contributed by atoms with Crippen LogP contribution in [-0.2, 0) is 6.42 Å². The molecule has 0 aliphatic carbocycles. The van der Waals surface area contributed by atoms with Gasteiger partial charge in [-0.05, 0) is 44.5 Å². The minimum Gasteiger partial charge on any atom is -0.330 e. The van der Waals surface area contributed by atoms with Gasteiger partial charge >= 0.3 is 0 Å². The molecule has 0 spiro atoms. The molecule has 0 amide bonds. The number of nitrogens with zero attached hydrogens (tertiary/aromatic N) is 1. The molecule has 1 rings (SSSR count). The highest BCUT2D eigenvalue weighted by atomic mass is 14.7. The fourth-order valence-corrected chi connectivity index (χ4v) is 1.23. The summed E-state index contributed by atoms with van der Waals surface area (Å²) in [5.41, 5.74) is 8.88. The van der Waals surface area contributed by atoms with Gasteiger partial charge in [-0.25, -0.2) is 0 Å². The van der Waals surface area contributed by atoms with E-state index in [2.05, 4.69) is 17.1 Å². The van der Waals surface area contributed by atoms with E-state index in [0.29, 0.717) is 6.54 Å². The van der Waals surface area contributed by atoms with Crippen LogP contribution in [0.2, 0.25) is 0 Å². The van der Waals surface area contributed by atoms with Crippen LogP contribution in [0.15, 0.2) is 12.1 Å². The van der Waals surface area contributed by atoms with Gasteiger partial charge in [-0.3, -0.25) is 4.98 Å². The van der Waals surface area contributed by atoms with Crippen molar-refractivity contribution in [2.24, 2.45) is 5.73 Å². The monoisotopic (exact) mass is 150 g/mol. The number of aryl methyl sites for hydroxylation is 2. The normalized spacial score (nSPS) is 10.1. The lowest BCUT2D eigenvalue weighted by atomic mass is 10.1. The highest BCUT2D eigenvalue weighted by Crippen LogP contribution is 2.04. The number of nitrogens with two attached hydrogens (primary N) is 1. The van der Waals surface area contributed by atoms with E-state index in [9.17, 15) is 0 Å². The average molecular weight is 150 g/mol. The lowest BCUT2D eigenvalue weighted by Crippen LogP contribution is -2.03. The molecule has 1 aromatic rings. The zero-order valence-electron chi connectivity index (χ0n) is 7.09.